The van der Waals surface area contributed by atoms with E-state index in [2.05, 4.69) is 4.90 Å². The molecule has 1 aromatic heterocycles. The van der Waals surface area contributed by atoms with Gasteiger partial charge in [-0.1, -0.05) is 0 Å². The Bertz CT molecular complexity index is 1050. The summed E-state index contributed by atoms with van der Waals surface area (Å²) in [5, 5.41) is 0. The van der Waals surface area contributed by atoms with Crippen LogP contribution in [-0.4, -0.2) is 46.2 Å². The first-order valence-corrected chi connectivity index (χ1v) is 10.1. The summed E-state index contributed by atoms with van der Waals surface area (Å²) in [6.45, 7) is 1.51. The Hall–Kier alpha value is -3.45. The van der Waals surface area contributed by atoms with E-state index >= 15 is 0 Å². The first-order chi connectivity index (χ1) is 15.0. The van der Waals surface area contributed by atoms with Gasteiger partial charge in [-0.05, 0) is 48.9 Å². The molecule has 31 heavy (non-hydrogen) atoms. The van der Waals surface area contributed by atoms with Gasteiger partial charge in [0.25, 0.3) is 0 Å². The van der Waals surface area contributed by atoms with Crippen molar-refractivity contribution in [3.8, 4) is 28.6 Å². The molecule has 1 aliphatic heterocycles. The fraction of sp³-hybridized carbons (Fsp3) is 0.292. The van der Waals surface area contributed by atoms with Gasteiger partial charge in [-0.15, -0.1) is 0 Å². The molecule has 1 aliphatic rings. The van der Waals surface area contributed by atoms with Gasteiger partial charge in [0.2, 0.25) is 5.75 Å². The molecule has 4 rings (SSSR count). The van der Waals surface area contributed by atoms with E-state index in [1.807, 2.05) is 30.3 Å². The maximum atomic E-state index is 13.7. The highest BCUT2D eigenvalue weighted by Gasteiger charge is 2.26. The minimum atomic E-state index is -0.150. The van der Waals surface area contributed by atoms with Crippen LogP contribution in [0.2, 0.25) is 0 Å². The lowest BCUT2D eigenvalue weighted by atomic mass is 9.97. The summed E-state index contributed by atoms with van der Waals surface area (Å²) in [5.41, 5.74) is 8.81. The van der Waals surface area contributed by atoms with Crippen molar-refractivity contribution >= 4 is 11.5 Å². The fourth-order valence-electron chi connectivity index (χ4n) is 3.96. The van der Waals surface area contributed by atoms with E-state index in [1.54, 1.807) is 18.4 Å². The number of ether oxygens (including phenoxy) is 3. The summed E-state index contributed by atoms with van der Waals surface area (Å²) in [6, 6.07) is 12.9. The summed E-state index contributed by atoms with van der Waals surface area (Å²) in [7, 11) is 4.59. The number of nitrogens with zero attached hydrogens (tertiary/aromatic N) is 1. The van der Waals surface area contributed by atoms with Crippen LogP contribution in [0.25, 0.3) is 11.3 Å². The molecule has 7 nitrogen and oxygen atoms in total. The predicted molar refractivity (Wildman–Crippen MR) is 118 cm³/mol. The molecule has 7 heteroatoms. The molecular formula is C24H26N2O5. The van der Waals surface area contributed by atoms with Crippen LogP contribution in [0.15, 0.2) is 53.1 Å². The maximum absolute atomic E-state index is 13.7. The third-order valence-corrected chi connectivity index (χ3v) is 5.54. The highest BCUT2D eigenvalue weighted by atomic mass is 16.5. The van der Waals surface area contributed by atoms with Crippen molar-refractivity contribution in [1.82, 2.24) is 0 Å². The average Bonchev–Trinajstić information content (AvgIpc) is 3.49. The topological polar surface area (TPSA) is 87.2 Å². The zero-order valence-electron chi connectivity index (χ0n) is 17.9. The van der Waals surface area contributed by atoms with Gasteiger partial charge < -0.3 is 29.3 Å². The van der Waals surface area contributed by atoms with E-state index in [0.29, 0.717) is 40.7 Å². The lowest BCUT2D eigenvalue weighted by molar-refractivity contribution is 0.103. The Kier molecular flexibility index (Phi) is 5.86. The molecule has 0 spiro atoms. The van der Waals surface area contributed by atoms with Crippen LogP contribution in [0, 0.1) is 0 Å². The standard InChI is InChI=1S/C24H26N2O5/c1-28-21-12-16(13-22(29-2)24(21)30-3)23(27)18-11-15(20-5-4-10-31-20)6-7-19(18)26-9-8-17(25)14-26/h4-7,10-13,17H,8-9,14,25H2,1-3H3. The van der Waals surface area contributed by atoms with Gasteiger partial charge in [0.1, 0.15) is 5.76 Å². The second-order valence-corrected chi connectivity index (χ2v) is 7.45. The number of anilines is 1. The van der Waals surface area contributed by atoms with Crippen LogP contribution in [-0.2, 0) is 0 Å². The largest absolute Gasteiger partial charge is 0.493 e. The Balaban J connectivity index is 1.83. The Labute approximate surface area is 181 Å². The van der Waals surface area contributed by atoms with E-state index in [4.69, 9.17) is 24.4 Å². The lowest BCUT2D eigenvalue weighted by Crippen LogP contribution is -2.27. The van der Waals surface area contributed by atoms with Crippen LogP contribution in [0.3, 0.4) is 0 Å². The number of carbonyl (C=O) groups excluding carboxylic acids is 1. The number of ketones is 1. The number of benzene rings is 2. The van der Waals surface area contributed by atoms with Crippen molar-refractivity contribution in [3.63, 3.8) is 0 Å². The second-order valence-electron chi connectivity index (χ2n) is 7.45. The van der Waals surface area contributed by atoms with Crippen molar-refractivity contribution in [2.75, 3.05) is 39.3 Å². The van der Waals surface area contributed by atoms with Gasteiger partial charge in [0.15, 0.2) is 17.3 Å². The fourth-order valence-corrected chi connectivity index (χ4v) is 3.96. The molecule has 0 bridgehead atoms. The molecule has 0 saturated carbocycles. The normalized spacial score (nSPS) is 15.7. The highest BCUT2D eigenvalue weighted by molar-refractivity contribution is 6.13. The molecule has 0 aliphatic carbocycles. The third kappa shape index (κ3) is 3.96. The maximum Gasteiger partial charge on any atom is 0.203 e. The summed E-state index contributed by atoms with van der Waals surface area (Å²) in [5.74, 6) is 1.85. The van der Waals surface area contributed by atoms with Crippen LogP contribution in [0.1, 0.15) is 22.3 Å². The van der Waals surface area contributed by atoms with E-state index < -0.39 is 0 Å². The van der Waals surface area contributed by atoms with Crippen LogP contribution in [0.5, 0.6) is 17.2 Å². The Morgan fingerprint density at radius 2 is 1.81 bits per heavy atom. The molecule has 3 aromatic rings. The SMILES string of the molecule is COc1cc(C(=O)c2cc(-c3ccco3)ccc2N2CCC(N)C2)cc(OC)c1OC. The van der Waals surface area contributed by atoms with Gasteiger partial charge in [-0.3, -0.25) is 4.79 Å². The first-order valence-electron chi connectivity index (χ1n) is 10.1. The molecule has 2 aromatic carbocycles. The summed E-state index contributed by atoms with van der Waals surface area (Å²) in [6.07, 6.45) is 2.50. The van der Waals surface area contributed by atoms with Crippen molar-refractivity contribution in [2.45, 2.75) is 12.5 Å². The lowest BCUT2D eigenvalue weighted by Gasteiger charge is -2.22. The number of rotatable bonds is 7. The predicted octanol–water partition coefficient (Wildman–Crippen LogP) is 3.74. The van der Waals surface area contributed by atoms with E-state index in [9.17, 15) is 4.79 Å². The molecule has 1 atom stereocenters. The van der Waals surface area contributed by atoms with Gasteiger partial charge in [0.05, 0.1) is 27.6 Å². The first kappa shape index (κ1) is 20.8. The third-order valence-electron chi connectivity index (χ3n) is 5.54. The Morgan fingerprint density at radius 3 is 2.35 bits per heavy atom. The quantitative estimate of drug-likeness (QED) is 0.580. The van der Waals surface area contributed by atoms with E-state index in [-0.39, 0.29) is 11.8 Å². The Morgan fingerprint density at radius 1 is 1.06 bits per heavy atom. The van der Waals surface area contributed by atoms with Gasteiger partial charge in [-0.25, -0.2) is 0 Å². The molecule has 2 N–H and O–H groups in total. The molecule has 1 unspecified atom stereocenters. The molecule has 162 valence electrons. The van der Waals surface area contributed by atoms with Gasteiger partial charge in [0, 0.05) is 41.5 Å². The molecule has 0 radical (unpaired) electrons. The number of furan rings is 1. The molecule has 1 fully saturated rings. The van der Waals surface area contributed by atoms with Gasteiger partial charge >= 0.3 is 0 Å². The second kappa shape index (κ2) is 8.73. The smallest absolute Gasteiger partial charge is 0.203 e. The number of methoxy groups -OCH3 is 3. The molecule has 2 heterocycles. The minimum Gasteiger partial charge on any atom is -0.493 e. The van der Waals surface area contributed by atoms with Crippen molar-refractivity contribution < 1.29 is 23.4 Å². The van der Waals surface area contributed by atoms with Crippen LogP contribution >= 0.6 is 0 Å². The summed E-state index contributed by atoms with van der Waals surface area (Å²) < 4.78 is 21.8. The minimum absolute atomic E-state index is 0.0916. The summed E-state index contributed by atoms with van der Waals surface area (Å²) >= 11 is 0. The van der Waals surface area contributed by atoms with Crippen LogP contribution in [0.4, 0.5) is 5.69 Å². The zero-order valence-corrected chi connectivity index (χ0v) is 17.9. The number of nitrogens with two attached hydrogens (primary N) is 1. The van der Waals surface area contributed by atoms with E-state index in [1.165, 1.54) is 21.3 Å². The molecule has 1 saturated heterocycles. The molecule has 0 amide bonds. The van der Waals surface area contributed by atoms with Crippen molar-refractivity contribution in [3.05, 3.63) is 59.9 Å². The molecular weight excluding hydrogens is 396 g/mol. The number of carbonyl (C=O) groups is 1. The average molecular weight is 422 g/mol. The number of hydrogen-bond acceptors (Lipinski definition) is 7. The zero-order chi connectivity index (χ0) is 22.0. The summed E-state index contributed by atoms with van der Waals surface area (Å²) in [4.78, 5) is 15.9. The van der Waals surface area contributed by atoms with Crippen LogP contribution < -0.4 is 24.8 Å². The van der Waals surface area contributed by atoms with Gasteiger partial charge in [-0.2, -0.15) is 0 Å². The van der Waals surface area contributed by atoms with Crippen molar-refractivity contribution in [2.24, 2.45) is 5.73 Å². The highest BCUT2D eigenvalue weighted by Crippen LogP contribution is 2.40. The number of hydrogen-bond donors (Lipinski definition) is 1. The monoisotopic (exact) mass is 422 g/mol. The van der Waals surface area contributed by atoms with Crippen molar-refractivity contribution in [1.29, 1.82) is 0 Å². The van der Waals surface area contributed by atoms with E-state index in [0.717, 1.165) is 24.2 Å².